The SMILES string of the molecule is CC1CCCCC1(CN)N1C(=O)c2ccncc2C1=O. The van der Waals surface area contributed by atoms with Crippen LogP contribution in [0.1, 0.15) is 53.3 Å². The third kappa shape index (κ3) is 1.62. The number of imide groups is 1. The Balaban J connectivity index is 2.07. The Hall–Kier alpha value is -1.75. The van der Waals surface area contributed by atoms with Gasteiger partial charge in [-0.15, -0.1) is 0 Å². The third-order valence-corrected chi connectivity index (χ3v) is 4.90. The predicted molar refractivity (Wildman–Crippen MR) is 74.2 cm³/mol. The van der Waals surface area contributed by atoms with Gasteiger partial charge in [-0.05, 0) is 24.8 Å². The molecule has 1 aromatic rings. The fourth-order valence-electron chi connectivity index (χ4n) is 3.61. The second-order valence-electron chi connectivity index (χ2n) is 5.82. The van der Waals surface area contributed by atoms with Crippen molar-refractivity contribution in [3.05, 3.63) is 29.6 Å². The van der Waals surface area contributed by atoms with Crippen molar-refractivity contribution in [1.82, 2.24) is 9.88 Å². The van der Waals surface area contributed by atoms with Gasteiger partial charge in [0.2, 0.25) is 0 Å². The van der Waals surface area contributed by atoms with Crippen LogP contribution in [-0.2, 0) is 0 Å². The fourth-order valence-corrected chi connectivity index (χ4v) is 3.61. The Morgan fingerprint density at radius 2 is 2.10 bits per heavy atom. The number of carbonyl (C=O) groups is 2. The number of hydrogen-bond donors (Lipinski definition) is 1. The number of nitrogens with two attached hydrogens (primary N) is 1. The first kappa shape index (κ1) is 13.2. The molecule has 5 heteroatoms. The van der Waals surface area contributed by atoms with Crippen LogP contribution in [0.3, 0.4) is 0 Å². The number of rotatable bonds is 2. The van der Waals surface area contributed by atoms with Crippen LogP contribution in [0.4, 0.5) is 0 Å². The summed E-state index contributed by atoms with van der Waals surface area (Å²) in [5, 5.41) is 0. The van der Waals surface area contributed by atoms with E-state index >= 15 is 0 Å². The van der Waals surface area contributed by atoms with Crippen molar-refractivity contribution in [2.45, 2.75) is 38.1 Å². The molecule has 1 aromatic heterocycles. The summed E-state index contributed by atoms with van der Waals surface area (Å²) in [4.78, 5) is 30.6. The zero-order valence-electron chi connectivity index (χ0n) is 11.6. The first-order valence-corrected chi connectivity index (χ1v) is 7.15. The molecule has 3 rings (SSSR count). The lowest BCUT2D eigenvalue weighted by atomic mass is 9.72. The van der Waals surface area contributed by atoms with Crippen LogP contribution in [0.5, 0.6) is 0 Å². The monoisotopic (exact) mass is 273 g/mol. The summed E-state index contributed by atoms with van der Waals surface area (Å²) in [6, 6.07) is 1.62. The lowest BCUT2D eigenvalue weighted by Gasteiger charge is -2.47. The van der Waals surface area contributed by atoms with Gasteiger partial charge in [0.15, 0.2) is 0 Å². The molecule has 1 aliphatic heterocycles. The van der Waals surface area contributed by atoms with E-state index in [1.165, 1.54) is 11.1 Å². The first-order chi connectivity index (χ1) is 9.62. The highest BCUT2D eigenvalue weighted by molar-refractivity contribution is 6.21. The second-order valence-corrected chi connectivity index (χ2v) is 5.82. The highest BCUT2D eigenvalue weighted by Gasteiger charge is 2.51. The van der Waals surface area contributed by atoms with E-state index in [9.17, 15) is 9.59 Å². The summed E-state index contributed by atoms with van der Waals surface area (Å²) >= 11 is 0. The lowest BCUT2D eigenvalue weighted by Crippen LogP contribution is -2.61. The van der Waals surface area contributed by atoms with Crippen LogP contribution in [0, 0.1) is 5.92 Å². The first-order valence-electron chi connectivity index (χ1n) is 7.15. The molecule has 20 heavy (non-hydrogen) atoms. The molecule has 1 saturated carbocycles. The summed E-state index contributed by atoms with van der Waals surface area (Å²) in [6.45, 7) is 2.42. The quantitative estimate of drug-likeness (QED) is 0.830. The van der Waals surface area contributed by atoms with E-state index in [-0.39, 0.29) is 17.7 Å². The molecule has 0 spiro atoms. The molecule has 2 heterocycles. The Labute approximate surface area is 118 Å². The zero-order valence-corrected chi connectivity index (χ0v) is 11.6. The van der Waals surface area contributed by atoms with Crippen LogP contribution in [0.2, 0.25) is 0 Å². The lowest BCUT2D eigenvalue weighted by molar-refractivity contribution is 0.0182. The topological polar surface area (TPSA) is 76.3 Å². The number of hydrogen-bond acceptors (Lipinski definition) is 4. The number of pyridine rings is 1. The summed E-state index contributed by atoms with van der Waals surface area (Å²) < 4.78 is 0. The summed E-state index contributed by atoms with van der Waals surface area (Å²) in [6.07, 6.45) is 6.97. The Bertz CT molecular complexity index is 537. The van der Waals surface area contributed by atoms with Gasteiger partial charge in [-0.25, -0.2) is 0 Å². The maximum atomic E-state index is 12.6. The fraction of sp³-hybridized carbons (Fsp3) is 0.533. The van der Waals surface area contributed by atoms with Gasteiger partial charge in [-0.1, -0.05) is 19.8 Å². The Morgan fingerprint density at radius 1 is 1.35 bits per heavy atom. The van der Waals surface area contributed by atoms with Crippen molar-refractivity contribution in [3.63, 3.8) is 0 Å². The van der Waals surface area contributed by atoms with Crippen molar-refractivity contribution in [2.24, 2.45) is 11.7 Å². The summed E-state index contributed by atoms with van der Waals surface area (Å²) in [7, 11) is 0. The van der Waals surface area contributed by atoms with Gasteiger partial charge < -0.3 is 5.73 Å². The van der Waals surface area contributed by atoms with Crippen LogP contribution in [-0.4, -0.2) is 33.8 Å². The summed E-state index contributed by atoms with van der Waals surface area (Å²) in [5.74, 6) is -0.222. The molecular formula is C15H19N3O2. The third-order valence-electron chi connectivity index (χ3n) is 4.90. The highest BCUT2D eigenvalue weighted by atomic mass is 16.2. The maximum absolute atomic E-state index is 12.6. The number of carbonyl (C=O) groups excluding carboxylic acids is 2. The van der Waals surface area contributed by atoms with Crippen molar-refractivity contribution >= 4 is 11.8 Å². The number of nitrogens with zero attached hydrogens (tertiary/aromatic N) is 2. The molecule has 0 bridgehead atoms. The van der Waals surface area contributed by atoms with E-state index < -0.39 is 5.54 Å². The minimum Gasteiger partial charge on any atom is -0.328 e. The van der Waals surface area contributed by atoms with Crippen LogP contribution < -0.4 is 5.73 Å². The Morgan fingerprint density at radius 3 is 2.75 bits per heavy atom. The largest absolute Gasteiger partial charge is 0.328 e. The van der Waals surface area contributed by atoms with Gasteiger partial charge in [0.1, 0.15) is 0 Å². The summed E-state index contributed by atoms with van der Waals surface area (Å²) in [5.41, 5.74) is 6.33. The van der Waals surface area contributed by atoms with Crippen LogP contribution in [0.25, 0.3) is 0 Å². The maximum Gasteiger partial charge on any atom is 0.263 e. The molecule has 1 aliphatic carbocycles. The molecule has 0 radical (unpaired) electrons. The molecule has 0 aromatic carbocycles. The number of amides is 2. The standard InChI is InChI=1S/C15H19N3O2/c1-10-4-2-3-6-15(10,9-16)18-13(19)11-5-7-17-8-12(11)14(18)20/h5,7-8,10H,2-4,6,9,16H2,1H3. The van der Waals surface area contributed by atoms with Gasteiger partial charge in [0, 0.05) is 18.9 Å². The zero-order chi connectivity index (χ0) is 14.3. The van der Waals surface area contributed by atoms with E-state index in [1.54, 1.807) is 12.3 Å². The molecule has 106 valence electrons. The predicted octanol–water partition coefficient (Wildman–Crippen LogP) is 1.59. The van der Waals surface area contributed by atoms with E-state index in [4.69, 9.17) is 5.73 Å². The molecule has 2 N–H and O–H groups in total. The van der Waals surface area contributed by atoms with E-state index in [0.29, 0.717) is 17.7 Å². The van der Waals surface area contributed by atoms with Gasteiger partial charge in [-0.3, -0.25) is 19.5 Å². The Kier molecular flexibility index (Phi) is 3.09. The smallest absolute Gasteiger partial charge is 0.263 e. The van der Waals surface area contributed by atoms with Crippen molar-refractivity contribution in [3.8, 4) is 0 Å². The van der Waals surface area contributed by atoms with E-state index in [2.05, 4.69) is 11.9 Å². The van der Waals surface area contributed by atoms with Gasteiger partial charge in [0.25, 0.3) is 11.8 Å². The van der Waals surface area contributed by atoms with Crippen LogP contribution >= 0.6 is 0 Å². The number of aromatic nitrogens is 1. The van der Waals surface area contributed by atoms with E-state index in [0.717, 1.165) is 25.7 Å². The highest BCUT2D eigenvalue weighted by Crippen LogP contribution is 2.41. The molecule has 0 saturated heterocycles. The number of fused-ring (bicyclic) bond motifs is 1. The van der Waals surface area contributed by atoms with Crippen molar-refractivity contribution in [1.29, 1.82) is 0 Å². The average Bonchev–Trinajstić information content (AvgIpc) is 2.73. The normalized spacial score (nSPS) is 29.7. The van der Waals surface area contributed by atoms with Gasteiger partial charge in [-0.2, -0.15) is 0 Å². The molecule has 2 atom stereocenters. The molecule has 2 aliphatic rings. The second kappa shape index (κ2) is 4.66. The molecule has 5 nitrogen and oxygen atoms in total. The minimum absolute atomic E-state index is 0.216. The van der Waals surface area contributed by atoms with Crippen molar-refractivity contribution < 1.29 is 9.59 Å². The molecule has 2 amide bonds. The molecular weight excluding hydrogens is 254 g/mol. The van der Waals surface area contributed by atoms with Crippen molar-refractivity contribution in [2.75, 3.05) is 6.54 Å². The average molecular weight is 273 g/mol. The molecule has 1 fully saturated rings. The minimum atomic E-state index is -0.536. The molecule has 2 unspecified atom stereocenters. The van der Waals surface area contributed by atoms with E-state index in [1.807, 2.05) is 0 Å². The van der Waals surface area contributed by atoms with Gasteiger partial charge in [0.05, 0.1) is 16.7 Å². The van der Waals surface area contributed by atoms with Gasteiger partial charge >= 0.3 is 0 Å². The van der Waals surface area contributed by atoms with Crippen LogP contribution in [0.15, 0.2) is 18.5 Å².